The number of fused-ring (bicyclic) bond motifs is 1. The summed E-state index contributed by atoms with van der Waals surface area (Å²) in [6.45, 7) is 0.585. The van der Waals surface area contributed by atoms with Crippen LogP contribution in [0.15, 0.2) is 6.20 Å². The third-order valence-electron chi connectivity index (χ3n) is 2.93. The number of aromatic nitrogens is 4. The Labute approximate surface area is 102 Å². The number of nitrogen functional groups attached to an aromatic ring is 1. The molecule has 1 aliphatic rings. The number of carbonyl (C=O) groups excluding carboxylic acids is 1. The number of nitrogens with zero attached hydrogens (tertiary/aromatic N) is 3. The molecule has 0 saturated carbocycles. The first-order valence-electron chi connectivity index (χ1n) is 5.72. The van der Waals surface area contributed by atoms with Crippen LogP contribution in [0.5, 0.6) is 0 Å². The molecule has 1 amide bonds. The van der Waals surface area contributed by atoms with E-state index in [0.29, 0.717) is 24.4 Å². The lowest BCUT2D eigenvalue weighted by atomic mass is 10.1. The van der Waals surface area contributed by atoms with Gasteiger partial charge in [-0.05, 0) is 6.42 Å². The molecule has 8 nitrogen and oxygen atoms in total. The molecule has 1 atom stereocenters. The van der Waals surface area contributed by atoms with Crippen LogP contribution in [-0.2, 0) is 4.79 Å². The number of aromatic amines is 1. The Morgan fingerprint density at radius 1 is 1.44 bits per heavy atom. The molecular weight excluding hydrogens is 234 g/mol. The van der Waals surface area contributed by atoms with Gasteiger partial charge in [-0.2, -0.15) is 15.1 Å². The van der Waals surface area contributed by atoms with Gasteiger partial charge in [-0.15, -0.1) is 0 Å². The van der Waals surface area contributed by atoms with Crippen molar-refractivity contribution in [2.45, 2.75) is 18.9 Å². The van der Waals surface area contributed by atoms with Gasteiger partial charge in [0.15, 0.2) is 5.65 Å². The Bertz CT molecular complexity index is 583. The number of nitrogens with one attached hydrogen (secondary N) is 3. The first-order valence-corrected chi connectivity index (χ1v) is 5.72. The molecule has 1 aliphatic heterocycles. The number of carbonyl (C=O) groups is 1. The first kappa shape index (κ1) is 10.8. The summed E-state index contributed by atoms with van der Waals surface area (Å²) in [6.07, 6.45) is 2.94. The van der Waals surface area contributed by atoms with Crippen LogP contribution in [0.1, 0.15) is 12.8 Å². The van der Waals surface area contributed by atoms with Gasteiger partial charge in [-0.1, -0.05) is 0 Å². The van der Waals surface area contributed by atoms with Crippen molar-refractivity contribution in [3.05, 3.63) is 6.20 Å². The first-order chi connectivity index (χ1) is 8.72. The Balaban J connectivity index is 1.85. The molecular formula is C10H13N7O. The van der Waals surface area contributed by atoms with Gasteiger partial charge in [0.05, 0.1) is 11.6 Å². The maximum absolute atomic E-state index is 11.1. The van der Waals surface area contributed by atoms with Gasteiger partial charge in [0.2, 0.25) is 11.9 Å². The van der Waals surface area contributed by atoms with Crippen molar-refractivity contribution in [3.8, 4) is 0 Å². The fourth-order valence-corrected chi connectivity index (χ4v) is 2.01. The van der Waals surface area contributed by atoms with Crippen LogP contribution in [-0.4, -0.2) is 38.7 Å². The molecule has 0 radical (unpaired) electrons. The highest BCUT2D eigenvalue weighted by Crippen LogP contribution is 2.20. The van der Waals surface area contributed by atoms with Crippen molar-refractivity contribution < 1.29 is 4.79 Å². The van der Waals surface area contributed by atoms with Crippen LogP contribution in [0.3, 0.4) is 0 Å². The molecule has 0 bridgehead atoms. The number of hydrogen-bond acceptors (Lipinski definition) is 6. The second-order valence-electron chi connectivity index (χ2n) is 4.25. The zero-order valence-corrected chi connectivity index (χ0v) is 9.60. The lowest BCUT2D eigenvalue weighted by Gasteiger charge is -2.24. The van der Waals surface area contributed by atoms with Gasteiger partial charge < -0.3 is 16.4 Å². The smallest absolute Gasteiger partial charge is 0.224 e. The van der Waals surface area contributed by atoms with Crippen LogP contribution in [0.4, 0.5) is 11.8 Å². The highest BCUT2D eigenvalue weighted by Gasteiger charge is 2.19. The van der Waals surface area contributed by atoms with Crippen molar-refractivity contribution in [2.24, 2.45) is 0 Å². The van der Waals surface area contributed by atoms with Gasteiger partial charge in [0, 0.05) is 19.0 Å². The zero-order chi connectivity index (χ0) is 12.5. The average molecular weight is 247 g/mol. The molecule has 3 rings (SSSR count). The Kier molecular flexibility index (Phi) is 2.47. The van der Waals surface area contributed by atoms with Gasteiger partial charge in [0.25, 0.3) is 0 Å². The molecule has 1 saturated heterocycles. The molecule has 1 fully saturated rings. The van der Waals surface area contributed by atoms with Crippen LogP contribution < -0.4 is 16.4 Å². The lowest BCUT2D eigenvalue weighted by molar-refractivity contribution is -0.122. The summed E-state index contributed by atoms with van der Waals surface area (Å²) in [4.78, 5) is 19.3. The van der Waals surface area contributed by atoms with E-state index in [1.54, 1.807) is 6.20 Å². The van der Waals surface area contributed by atoms with Crippen LogP contribution in [0.25, 0.3) is 11.0 Å². The van der Waals surface area contributed by atoms with Crippen LogP contribution in [0.2, 0.25) is 0 Å². The molecule has 94 valence electrons. The molecule has 5 N–H and O–H groups in total. The van der Waals surface area contributed by atoms with Crippen molar-refractivity contribution in [3.63, 3.8) is 0 Å². The Hall–Kier alpha value is -2.38. The Morgan fingerprint density at radius 2 is 2.33 bits per heavy atom. The van der Waals surface area contributed by atoms with Crippen molar-refractivity contribution in [1.29, 1.82) is 0 Å². The number of piperidine rings is 1. The average Bonchev–Trinajstić information content (AvgIpc) is 2.80. The molecule has 2 aromatic rings. The second kappa shape index (κ2) is 4.13. The van der Waals surface area contributed by atoms with Crippen LogP contribution in [0, 0.1) is 0 Å². The van der Waals surface area contributed by atoms with E-state index in [2.05, 4.69) is 30.8 Å². The number of nitrogens with two attached hydrogens (primary N) is 1. The summed E-state index contributed by atoms with van der Waals surface area (Å²) in [7, 11) is 0. The highest BCUT2D eigenvalue weighted by atomic mass is 16.1. The predicted molar refractivity (Wildman–Crippen MR) is 65.8 cm³/mol. The van der Waals surface area contributed by atoms with E-state index in [1.165, 1.54) is 0 Å². The summed E-state index contributed by atoms with van der Waals surface area (Å²) in [5.41, 5.74) is 6.23. The fourth-order valence-electron chi connectivity index (χ4n) is 2.01. The normalized spacial score (nSPS) is 19.8. The standard InChI is InChI=1S/C10H13N7O/c11-10-15-8(6-4-13-17-9(6)16-10)14-5-1-2-7(18)12-3-5/h4-5H,1-3H2,(H,12,18)(H4,11,13,14,15,16,17). The van der Waals surface area contributed by atoms with E-state index in [1.807, 2.05) is 0 Å². The van der Waals surface area contributed by atoms with E-state index in [9.17, 15) is 4.79 Å². The lowest BCUT2D eigenvalue weighted by Crippen LogP contribution is -2.42. The van der Waals surface area contributed by atoms with Gasteiger partial charge >= 0.3 is 0 Å². The molecule has 18 heavy (non-hydrogen) atoms. The largest absolute Gasteiger partial charge is 0.368 e. The number of amides is 1. The Morgan fingerprint density at radius 3 is 3.11 bits per heavy atom. The minimum atomic E-state index is 0.0868. The summed E-state index contributed by atoms with van der Waals surface area (Å²) in [6, 6.07) is 0.148. The number of anilines is 2. The number of rotatable bonds is 2. The molecule has 1 unspecified atom stereocenters. The number of hydrogen-bond donors (Lipinski definition) is 4. The summed E-state index contributed by atoms with van der Waals surface area (Å²) in [5, 5.41) is 13.5. The minimum Gasteiger partial charge on any atom is -0.368 e. The van der Waals surface area contributed by atoms with Crippen molar-refractivity contribution in [2.75, 3.05) is 17.6 Å². The third kappa shape index (κ3) is 1.92. The van der Waals surface area contributed by atoms with Crippen molar-refractivity contribution in [1.82, 2.24) is 25.5 Å². The molecule has 8 heteroatoms. The monoisotopic (exact) mass is 247 g/mol. The summed E-state index contributed by atoms with van der Waals surface area (Å²) >= 11 is 0. The molecule has 3 heterocycles. The summed E-state index contributed by atoms with van der Waals surface area (Å²) in [5.74, 6) is 0.921. The third-order valence-corrected chi connectivity index (χ3v) is 2.93. The van der Waals surface area contributed by atoms with Crippen LogP contribution >= 0.6 is 0 Å². The summed E-state index contributed by atoms with van der Waals surface area (Å²) < 4.78 is 0. The molecule has 0 aliphatic carbocycles. The van der Waals surface area contributed by atoms with E-state index in [0.717, 1.165) is 11.8 Å². The SMILES string of the molecule is Nc1nc(NC2CCC(=O)NC2)c2cn[nH]c2n1. The fraction of sp³-hybridized carbons (Fsp3) is 0.400. The zero-order valence-electron chi connectivity index (χ0n) is 9.60. The van der Waals surface area contributed by atoms with E-state index in [4.69, 9.17) is 5.73 Å². The quantitative estimate of drug-likeness (QED) is 0.574. The second-order valence-corrected chi connectivity index (χ2v) is 4.25. The van der Waals surface area contributed by atoms with E-state index < -0.39 is 0 Å². The maximum Gasteiger partial charge on any atom is 0.224 e. The minimum absolute atomic E-state index is 0.0868. The molecule has 0 spiro atoms. The topological polar surface area (TPSA) is 122 Å². The maximum atomic E-state index is 11.1. The van der Waals surface area contributed by atoms with E-state index >= 15 is 0 Å². The van der Waals surface area contributed by atoms with Crippen molar-refractivity contribution >= 4 is 28.7 Å². The van der Waals surface area contributed by atoms with Gasteiger partial charge in [0.1, 0.15) is 5.82 Å². The van der Waals surface area contributed by atoms with Gasteiger partial charge in [-0.3, -0.25) is 9.89 Å². The highest BCUT2D eigenvalue weighted by molar-refractivity contribution is 5.87. The molecule has 0 aromatic carbocycles. The van der Waals surface area contributed by atoms with E-state index in [-0.39, 0.29) is 17.9 Å². The number of H-pyrrole nitrogens is 1. The molecule has 2 aromatic heterocycles. The van der Waals surface area contributed by atoms with Gasteiger partial charge in [-0.25, -0.2) is 0 Å². The predicted octanol–water partition coefficient (Wildman–Crippen LogP) is -0.374.